The SMILES string of the molecule is N#Cc1cccc(COc2ccc(-c3cc(CN4CCN(c5ccc(C(F)(F)F)cc5)CC4)no3)cc2)c1. The second kappa shape index (κ2) is 11.0. The number of hydrogen-bond donors (Lipinski definition) is 0. The molecule has 0 spiro atoms. The van der Waals surface area contributed by atoms with Crippen LogP contribution in [0.4, 0.5) is 18.9 Å². The smallest absolute Gasteiger partial charge is 0.416 e. The van der Waals surface area contributed by atoms with Crippen molar-refractivity contribution in [3.8, 4) is 23.1 Å². The molecule has 0 saturated carbocycles. The van der Waals surface area contributed by atoms with E-state index in [-0.39, 0.29) is 0 Å². The number of alkyl halides is 3. The van der Waals surface area contributed by atoms with Gasteiger partial charge in [0.15, 0.2) is 5.76 Å². The summed E-state index contributed by atoms with van der Waals surface area (Å²) in [5.74, 6) is 1.37. The van der Waals surface area contributed by atoms with Gasteiger partial charge in [0.1, 0.15) is 12.4 Å². The van der Waals surface area contributed by atoms with Crippen LogP contribution in [-0.4, -0.2) is 36.2 Å². The zero-order valence-electron chi connectivity index (χ0n) is 20.5. The van der Waals surface area contributed by atoms with E-state index in [1.165, 1.54) is 12.1 Å². The van der Waals surface area contributed by atoms with E-state index in [0.717, 1.165) is 60.8 Å². The van der Waals surface area contributed by atoms with Gasteiger partial charge >= 0.3 is 6.18 Å². The van der Waals surface area contributed by atoms with Crippen LogP contribution in [0.25, 0.3) is 11.3 Å². The molecule has 9 heteroatoms. The zero-order chi connectivity index (χ0) is 26.5. The normalized spacial score (nSPS) is 14.3. The van der Waals surface area contributed by atoms with Crippen LogP contribution < -0.4 is 9.64 Å². The summed E-state index contributed by atoms with van der Waals surface area (Å²) in [6.45, 7) is 3.98. The van der Waals surface area contributed by atoms with Crippen LogP contribution >= 0.6 is 0 Å². The second-order valence-corrected chi connectivity index (χ2v) is 9.12. The Morgan fingerprint density at radius 3 is 2.34 bits per heavy atom. The fourth-order valence-electron chi connectivity index (χ4n) is 4.39. The van der Waals surface area contributed by atoms with Gasteiger partial charge in [-0.3, -0.25) is 4.90 Å². The van der Waals surface area contributed by atoms with E-state index in [9.17, 15) is 13.2 Å². The van der Waals surface area contributed by atoms with Gasteiger partial charge in [-0.15, -0.1) is 0 Å². The van der Waals surface area contributed by atoms with Crippen LogP contribution in [0.15, 0.2) is 83.4 Å². The molecule has 1 aliphatic rings. The molecular formula is C29H25F3N4O2. The van der Waals surface area contributed by atoms with Crippen LogP contribution in [0, 0.1) is 11.3 Å². The molecule has 0 atom stereocenters. The Morgan fingerprint density at radius 2 is 1.66 bits per heavy atom. The topological polar surface area (TPSA) is 65.5 Å². The largest absolute Gasteiger partial charge is 0.489 e. The van der Waals surface area contributed by atoms with Crippen molar-refractivity contribution >= 4 is 5.69 Å². The number of piperazine rings is 1. The number of ether oxygens (including phenoxy) is 1. The standard InChI is InChI=1S/C29H25F3N4O2/c30-29(31,32)24-6-8-26(9-7-24)36-14-12-35(13-15-36)19-25-17-28(38-34-25)23-4-10-27(11-5-23)37-20-22-3-1-2-21(16-22)18-33/h1-11,16-17H,12-15,19-20H2. The average molecular weight is 519 g/mol. The Balaban J connectivity index is 1.12. The highest BCUT2D eigenvalue weighted by Crippen LogP contribution is 2.31. The number of aromatic nitrogens is 1. The van der Waals surface area contributed by atoms with Crippen LogP contribution in [0.2, 0.25) is 0 Å². The van der Waals surface area contributed by atoms with Gasteiger partial charge in [-0.2, -0.15) is 18.4 Å². The van der Waals surface area contributed by atoms with Crippen molar-refractivity contribution in [3.63, 3.8) is 0 Å². The van der Waals surface area contributed by atoms with E-state index in [1.807, 2.05) is 42.5 Å². The molecule has 1 saturated heterocycles. The quantitative estimate of drug-likeness (QED) is 0.293. The van der Waals surface area contributed by atoms with Crippen LogP contribution in [0.5, 0.6) is 5.75 Å². The van der Waals surface area contributed by atoms with Gasteiger partial charge in [0.2, 0.25) is 0 Å². The molecule has 2 heterocycles. The fourth-order valence-corrected chi connectivity index (χ4v) is 4.39. The van der Waals surface area contributed by atoms with Gasteiger partial charge in [-0.25, -0.2) is 0 Å². The summed E-state index contributed by atoms with van der Waals surface area (Å²) in [5, 5.41) is 13.2. The third kappa shape index (κ3) is 6.15. The summed E-state index contributed by atoms with van der Waals surface area (Å²) < 4.78 is 49.8. The van der Waals surface area contributed by atoms with Crippen molar-refractivity contribution in [2.75, 3.05) is 31.1 Å². The summed E-state index contributed by atoms with van der Waals surface area (Å²) in [6, 6.07) is 24.2. The van der Waals surface area contributed by atoms with Gasteiger partial charge in [-0.1, -0.05) is 17.3 Å². The molecule has 0 aliphatic carbocycles. The Labute approximate surface area is 218 Å². The average Bonchev–Trinajstić information content (AvgIpc) is 3.41. The summed E-state index contributed by atoms with van der Waals surface area (Å²) in [6.07, 6.45) is -4.32. The lowest BCUT2D eigenvalue weighted by atomic mass is 10.1. The van der Waals surface area contributed by atoms with Crippen molar-refractivity contribution in [1.82, 2.24) is 10.1 Å². The number of anilines is 1. The number of hydrogen-bond acceptors (Lipinski definition) is 6. The molecule has 0 radical (unpaired) electrons. The minimum Gasteiger partial charge on any atom is -0.489 e. The minimum absolute atomic E-state index is 0.369. The molecule has 1 fully saturated rings. The Morgan fingerprint density at radius 1 is 0.921 bits per heavy atom. The van der Waals surface area contributed by atoms with Gasteiger partial charge in [0, 0.05) is 50.0 Å². The summed E-state index contributed by atoms with van der Waals surface area (Å²) >= 11 is 0. The van der Waals surface area contributed by atoms with Gasteiger partial charge in [-0.05, 0) is 66.2 Å². The molecule has 4 aromatic rings. The van der Waals surface area contributed by atoms with Crippen molar-refractivity contribution in [1.29, 1.82) is 5.26 Å². The first kappa shape index (κ1) is 25.4. The van der Waals surface area contributed by atoms with Gasteiger partial charge in [0.25, 0.3) is 0 Å². The first-order valence-corrected chi connectivity index (χ1v) is 12.2. The third-order valence-corrected chi connectivity index (χ3v) is 6.48. The summed E-state index contributed by atoms with van der Waals surface area (Å²) in [4.78, 5) is 4.34. The Kier molecular flexibility index (Phi) is 7.33. The highest BCUT2D eigenvalue weighted by molar-refractivity contribution is 5.58. The molecule has 6 nitrogen and oxygen atoms in total. The Hall–Kier alpha value is -4.29. The van der Waals surface area contributed by atoms with Crippen molar-refractivity contribution < 1.29 is 22.4 Å². The maximum absolute atomic E-state index is 12.8. The molecule has 5 rings (SSSR count). The Bertz CT molecular complexity index is 1400. The highest BCUT2D eigenvalue weighted by Gasteiger charge is 2.30. The molecule has 1 aromatic heterocycles. The van der Waals surface area contributed by atoms with E-state index in [1.54, 1.807) is 12.1 Å². The highest BCUT2D eigenvalue weighted by atomic mass is 19.4. The molecule has 1 aliphatic heterocycles. The first-order valence-electron chi connectivity index (χ1n) is 12.2. The maximum atomic E-state index is 12.8. The fraction of sp³-hybridized carbons (Fsp3) is 0.241. The second-order valence-electron chi connectivity index (χ2n) is 9.12. The molecule has 0 unspecified atom stereocenters. The number of nitriles is 1. The lowest BCUT2D eigenvalue weighted by Crippen LogP contribution is -2.46. The minimum atomic E-state index is -4.32. The summed E-state index contributed by atoms with van der Waals surface area (Å²) in [7, 11) is 0. The molecule has 0 bridgehead atoms. The van der Waals surface area contributed by atoms with E-state index >= 15 is 0 Å². The predicted octanol–water partition coefficient (Wildman–Crippen LogP) is 6.13. The van der Waals surface area contributed by atoms with Crippen molar-refractivity contribution in [2.24, 2.45) is 0 Å². The van der Waals surface area contributed by atoms with Crippen LogP contribution in [0.1, 0.15) is 22.4 Å². The lowest BCUT2D eigenvalue weighted by molar-refractivity contribution is -0.137. The van der Waals surface area contributed by atoms with Crippen LogP contribution in [-0.2, 0) is 19.3 Å². The molecule has 194 valence electrons. The molecule has 0 amide bonds. The summed E-state index contributed by atoms with van der Waals surface area (Å²) in [5.41, 5.74) is 3.39. The van der Waals surface area contributed by atoms with E-state index in [2.05, 4.69) is 21.0 Å². The molecular weight excluding hydrogens is 493 g/mol. The third-order valence-electron chi connectivity index (χ3n) is 6.48. The van der Waals surface area contributed by atoms with E-state index in [0.29, 0.717) is 30.2 Å². The van der Waals surface area contributed by atoms with Crippen molar-refractivity contribution in [3.05, 3.63) is 101 Å². The molecule has 38 heavy (non-hydrogen) atoms. The predicted molar refractivity (Wildman–Crippen MR) is 136 cm³/mol. The maximum Gasteiger partial charge on any atom is 0.416 e. The number of nitrogens with zero attached hydrogens (tertiary/aromatic N) is 4. The lowest BCUT2D eigenvalue weighted by Gasteiger charge is -2.35. The van der Waals surface area contributed by atoms with Gasteiger partial charge < -0.3 is 14.2 Å². The first-order chi connectivity index (χ1) is 18.4. The molecule has 3 aromatic carbocycles. The monoisotopic (exact) mass is 518 g/mol. The van der Waals surface area contributed by atoms with Gasteiger partial charge in [0.05, 0.1) is 22.9 Å². The van der Waals surface area contributed by atoms with Crippen LogP contribution in [0.3, 0.4) is 0 Å². The van der Waals surface area contributed by atoms with E-state index < -0.39 is 11.7 Å². The molecule has 0 N–H and O–H groups in total. The number of halogens is 3. The number of benzene rings is 3. The number of rotatable bonds is 7. The van der Waals surface area contributed by atoms with Crippen molar-refractivity contribution in [2.45, 2.75) is 19.3 Å². The zero-order valence-corrected chi connectivity index (χ0v) is 20.5. The van der Waals surface area contributed by atoms with E-state index in [4.69, 9.17) is 14.5 Å².